The molecule has 0 radical (unpaired) electrons. The Labute approximate surface area is 139 Å². The molecule has 2 rings (SSSR count). The summed E-state index contributed by atoms with van der Waals surface area (Å²) >= 11 is 3.36. The van der Waals surface area contributed by atoms with Gasteiger partial charge < -0.3 is 0 Å². The molecule has 0 heterocycles. The highest BCUT2D eigenvalue weighted by molar-refractivity contribution is 9.10. The van der Waals surface area contributed by atoms with Crippen molar-refractivity contribution in [3.05, 3.63) is 63.6 Å². The molecule has 0 atom stereocenters. The normalized spacial score (nSPS) is 12.3. The van der Waals surface area contributed by atoms with Crippen LogP contribution >= 0.6 is 15.9 Å². The lowest BCUT2D eigenvalue weighted by Gasteiger charge is -2.09. The van der Waals surface area contributed by atoms with E-state index >= 15 is 0 Å². The Bertz CT molecular complexity index is 813. The summed E-state index contributed by atoms with van der Waals surface area (Å²) in [5.74, 6) is 0. The third-order valence-corrected chi connectivity index (χ3v) is 5.11. The molecule has 0 amide bonds. The van der Waals surface area contributed by atoms with E-state index < -0.39 is 10.0 Å². The summed E-state index contributed by atoms with van der Waals surface area (Å²) < 4.78 is 25.7. The molecule has 0 aliphatic rings. The van der Waals surface area contributed by atoms with Gasteiger partial charge >= 0.3 is 0 Å². The molecule has 1 N–H and O–H groups in total. The zero-order valence-corrected chi connectivity index (χ0v) is 15.0. The van der Waals surface area contributed by atoms with Crippen LogP contribution < -0.4 is 4.83 Å². The molecule has 22 heavy (non-hydrogen) atoms. The molecule has 0 aromatic heterocycles. The van der Waals surface area contributed by atoms with Gasteiger partial charge in [-0.3, -0.25) is 0 Å². The van der Waals surface area contributed by atoms with Gasteiger partial charge in [0, 0.05) is 4.47 Å². The van der Waals surface area contributed by atoms with Gasteiger partial charge in [0.2, 0.25) is 0 Å². The minimum Gasteiger partial charge on any atom is -0.200 e. The van der Waals surface area contributed by atoms with Crippen LogP contribution in [0.15, 0.2) is 56.9 Å². The first-order chi connectivity index (χ1) is 10.3. The summed E-state index contributed by atoms with van der Waals surface area (Å²) in [5.41, 5.74) is 3.03. The van der Waals surface area contributed by atoms with E-state index in [0.717, 1.165) is 15.6 Å². The van der Waals surface area contributed by atoms with Crippen LogP contribution in [0.5, 0.6) is 0 Å². The molecule has 0 fully saturated rings. The van der Waals surface area contributed by atoms with Crippen LogP contribution in [-0.2, 0) is 10.0 Å². The van der Waals surface area contributed by atoms with Crippen molar-refractivity contribution in [1.29, 1.82) is 0 Å². The highest BCUT2D eigenvalue weighted by Crippen LogP contribution is 2.17. The van der Waals surface area contributed by atoms with Gasteiger partial charge in [0.15, 0.2) is 0 Å². The maximum absolute atomic E-state index is 12.4. The number of nitrogens with zero attached hydrogens (tertiary/aromatic N) is 1. The number of rotatable bonds is 4. The number of halogens is 1. The van der Waals surface area contributed by atoms with E-state index in [2.05, 4.69) is 25.9 Å². The lowest BCUT2D eigenvalue weighted by atomic mass is 10.1. The number of nitrogens with one attached hydrogen (secondary N) is 1. The number of hydrogen-bond acceptors (Lipinski definition) is 3. The van der Waals surface area contributed by atoms with Crippen molar-refractivity contribution in [1.82, 2.24) is 4.83 Å². The van der Waals surface area contributed by atoms with Gasteiger partial charge in [-0.15, -0.1) is 0 Å². The Balaban J connectivity index is 2.27. The van der Waals surface area contributed by atoms with Crippen molar-refractivity contribution >= 4 is 31.7 Å². The summed E-state index contributed by atoms with van der Waals surface area (Å²) in [5, 5.41) is 4.01. The van der Waals surface area contributed by atoms with Crippen LogP contribution in [-0.4, -0.2) is 14.1 Å². The average molecular weight is 381 g/mol. The zero-order valence-electron chi connectivity index (χ0n) is 12.6. The van der Waals surface area contributed by atoms with Crippen molar-refractivity contribution in [2.75, 3.05) is 0 Å². The van der Waals surface area contributed by atoms with Gasteiger partial charge in [-0.2, -0.15) is 18.4 Å². The molecular formula is C16H17BrN2O2S. The third kappa shape index (κ3) is 3.96. The maximum Gasteiger partial charge on any atom is 0.276 e. The number of hydrazone groups is 1. The highest BCUT2D eigenvalue weighted by atomic mass is 79.9. The molecule has 6 heteroatoms. The summed E-state index contributed by atoms with van der Waals surface area (Å²) in [7, 11) is -3.67. The van der Waals surface area contributed by atoms with Crippen LogP contribution in [0, 0.1) is 13.8 Å². The van der Waals surface area contributed by atoms with Gasteiger partial charge in [-0.05, 0) is 55.7 Å². The molecule has 2 aromatic carbocycles. The quantitative estimate of drug-likeness (QED) is 0.648. The van der Waals surface area contributed by atoms with E-state index in [9.17, 15) is 8.42 Å². The Morgan fingerprint density at radius 2 is 1.73 bits per heavy atom. The second-order valence-electron chi connectivity index (χ2n) is 5.07. The fraction of sp³-hybridized carbons (Fsp3) is 0.188. The van der Waals surface area contributed by atoms with Gasteiger partial charge in [-0.1, -0.05) is 40.2 Å². The molecule has 0 saturated carbocycles. The molecule has 0 aliphatic carbocycles. The van der Waals surface area contributed by atoms with Crippen molar-refractivity contribution in [2.24, 2.45) is 5.10 Å². The van der Waals surface area contributed by atoms with Crippen molar-refractivity contribution in [3.8, 4) is 0 Å². The largest absolute Gasteiger partial charge is 0.276 e. The van der Waals surface area contributed by atoms with Crippen molar-refractivity contribution in [3.63, 3.8) is 0 Å². The van der Waals surface area contributed by atoms with Crippen LogP contribution in [0.25, 0.3) is 0 Å². The Hall–Kier alpha value is -1.66. The van der Waals surface area contributed by atoms with Gasteiger partial charge in [0.05, 0.1) is 10.6 Å². The molecule has 116 valence electrons. The minimum absolute atomic E-state index is 0.250. The number of hydrogen-bond donors (Lipinski definition) is 1. The van der Waals surface area contributed by atoms with Crippen LogP contribution in [0.1, 0.15) is 23.6 Å². The number of aryl methyl sites for hydroxylation is 2. The van der Waals surface area contributed by atoms with E-state index in [4.69, 9.17) is 0 Å². The molecule has 0 spiro atoms. The molecule has 0 unspecified atom stereocenters. The van der Waals surface area contributed by atoms with Gasteiger partial charge in [0.25, 0.3) is 10.0 Å². The zero-order chi connectivity index (χ0) is 16.3. The van der Waals surface area contributed by atoms with Gasteiger partial charge in [-0.25, -0.2) is 0 Å². The molecule has 4 nitrogen and oxygen atoms in total. The molecule has 2 aromatic rings. The average Bonchev–Trinajstić information content (AvgIpc) is 2.48. The van der Waals surface area contributed by atoms with Crippen LogP contribution in [0.4, 0.5) is 0 Å². The Morgan fingerprint density at radius 1 is 1.09 bits per heavy atom. The summed E-state index contributed by atoms with van der Waals surface area (Å²) in [6, 6.07) is 12.8. The second kappa shape index (κ2) is 6.62. The lowest BCUT2D eigenvalue weighted by Crippen LogP contribution is -2.21. The number of benzene rings is 2. The van der Waals surface area contributed by atoms with Crippen molar-refractivity contribution < 1.29 is 8.42 Å². The van der Waals surface area contributed by atoms with Crippen molar-refractivity contribution in [2.45, 2.75) is 25.7 Å². The van der Waals surface area contributed by atoms with E-state index in [1.165, 1.54) is 0 Å². The molecule has 0 saturated heterocycles. The molecule has 0 bridgehead atoms. The summed E-state index contributed by atoms with van der Waals surface area (Å²) in [6.07, 6.45) is 0. The fourth-order valence-corrected chi connectivity index (χ4v) is 3.38. The minimum atomic E-state index is -3.67. The summed E-state index contributed by atoms with van der Waals surface area (Å²) in [6.45, 7) is 5.38. The second-order valence-corrected chi connectivity index (χ2v) is 7.61. The predicted molar refractivity (Wildman–Crippen MR) is 92.6 cm³/mol. The monoisotopic (exact) mass is 380 g/mol. The SMILES string of the molecule is C/C(=N\NS(=O)(=O)c1cc(C)ccc1C)c1ccc(Br)cc1. The van der Waals surface area contributed by atoms with Crippen LogP contribution in [0.2, 0.25) is 0 Å². The first-order valence-corrected chi connectivity index (χ1v) is 8.96. The first kappa shape index (κ1) is 16.7. The predicted octanol–water partition coefficient (Wildman–Crippen LogP) is 3.77. The van der Waals surface area contributed by atoms with E-state index in [-0.39, 0.29) is 4.90 Å². The molecule has 0 aliphatic heterocycles. The lowest BCUT2D eigenvalue weighted by molar-refractivity contribution is 0.583. The third-order valence-electron chi connectivity index (χ3n) is 3.23. The topological polar surface area (TPSA) is 58.5 Å². The standard InChI is InChI=1S/C16H17BrN2O2S/c1-11-4-5-12(2)16(10-11)22(20,21)19-18-13(3)14-6-8-15(17)9-7-14/h4-10,19H,1-3H3/b18-13+. The first-order valence-electron chi connectivity index (χ1n) is 6.69. The maximum atomic E-state index is 12.4. The van der Waals surface area contributed by atoms with E-state index in [1.54, 1.807) is 26.0 Å². The van der Waals surface area contributed by atoms with Crippen LogP contribution in [0.3, 0.4) is 0 Å². The van der Waals surface area contributed by atoms with E-state index in [0.29, 0.717) is 11.3 Å². The Kier molecular flexibility index (Phi) is 5.03. The highest BCUT2D eigenvalue weighted by Gasteiger charge is 2.16. The number of sulfonamides is 1. The fourth-order valence-electron chi connectivity index (χ4n) is 1.93. The Morgan fingerprint density at radius 3 is 2.36 bits per heavy atom. The van der Waals surface area contributed by atoms with Gasteiger partial charge in [0.1, 0.15) is 0 Å². The smallest absolute Gasteiger partial charge is 0.200 e. The van der Waals surface area contributed by atoms with E-state index in [1.807, 2.05) is 37.3 Å². The summed E-state index contributed by atoms with van der Waals surface area (Å²) in [4.78, 5) is 2.55. The molecular weight excluding hydrogens is 364 g/mol.